The van der Waals surface area contributed by atoms with Crippen molar-refractivity contribution in [2.75, 3.05) is 0 Å². The number of pyridine rings is 1. The summed E-state index contributed by atoms with van der Waals surface area (Å²) >= 11 is 0. The first-order valence-corrected chi connectivity index (χ1v) is 6.20. The second-order valence-electron chi connectivity index (χ2n) is 4.55. The molecule has 1 aromatic heterocycles. The van der Waals surface area contributed by atoms with Crippen LogP contribution >= 0.6 is 0 Å². The number of hydrogen-bond donors (Lipinski definition) is 0. The Kier molecular flexibility index (Phi) is 2.84. The molecule has 92 valence electrons. The Balaban J connectivity index is 2.34. The predicted octanol–water partition coefficient (Wildman–Crippen LogP) is 4.02. The van der Waals surface area contributed by atoms with Gasteiger partial charge in [-0.25, -0.2) is 4.98 Å². The third kappa shape index (κ3) is 2.02. The van der Waals surface area contributed by atoms with Crippen LogP contribution in [0.1, 0.15) is 15.9 Å². The van der Waals surface area contributed by atoms with Crippen LogP contribution in [0.5, 0.6) is 0 Å². The molecule has 19 heavy (non-hydrogen) atoms. The molecule has 2 aromatic carbocycles. The Morgan fingerprint density at radius 1 is 1.00 bits per heavy atom. The Morgan fingerprint density at radius 3 is 2.53 bits per heavy atom. The van der Waals surface area contributed by atoms with E-state index in [0.717, 1.165) is 34.0 Å². The van der Waals surface area contributed by atoms with Crippen molar-refractivity contribution in [3.05, 3.63) is 65.7 Å². The first-order chi connectivity index (χ1) is 9.29. The maximum atomic E-state index is 11.3. The van der Waals surface area contributed by atoms with Gasteiger partial charge in [0, 0.05) is 16.5 Å². The summed E-state index contributed by atoms with van der Waals surface area (Å²) in [5, 5.41) is 0.988. The molecule has 0 spiro atoms. The smallest absolute Gasteiger partial charge is 0.152 e. The fourth-order valence-electron chi connectivity index (χ4n) is 2.28. The number of aldehydes is 1. The molecule has 0 saturated carbocycles. The van der Waals surface area contributed by atoms with Gasteiger partial charge >= 0.3 is 0 Å². The van der Waals surface area contributed by atoms with Crippen molar-refractivity contribution in [1.29, 1.82) is 0 Å². The van der Waals surface area contributed by atoms with E-state index in [1.54, 1.807) is 0 Å². The number of aromatic nitrogens is 1. The third-order valence-electron chi connectivity index (χ3n) is 3.28. The highest BCUT2D eigenvalue weighted by Gasteiger charge is 2.10. The molecule has 0 amide bonds. The van der Waals surface area contributed by atoms with E-state index in [-0.39, 0.29) is 0 Å². The standard InChI is InChI=1S/C17H13NO/c1-12-6-2-4-8-15(12)17-14(11-19)10-13-7-3-5-9-16(13)18-17/h2-11H,1H3. The molecule has 0 N–H and O–H groups in total. The topological polar surface area (TPSA) is 30.0 Å². The lowest BCUT2D eigenvalue weighted by molar-refractivity contribution is 0.112. The van der Waals surface area contributed by atoms with Crippen LogP contribution in [0.4, 0.5) is 0 Å². The maximum Gasteiger partial charge on any atom is 0.152 e. The molecule has 0 aliphatic carbocycles. The van der Waals surface area contributed by atoms with Gasteiger partial charge in [0.05, 0.1) is 11.2 Å². The monoisotopic (exact) mass is 247 g/mol. The number of aryl methyl sites for hydroxylation is 1. The molecule has 0 atom stereocenters. The van der Waals surface area contributed by atoms with Crippen molar-refractivity contribution < 1.29 is 4.79 Å². The van der Waals surface area contributed by atoms with Gasteiger partial charge < -0.3 is 0 Å². The largest absolute Gasteiger partial charge is 0.298 e. The minimum absolute atomic E-state index is 0.632. The van der Waals surface area contributed by atoms with Crippen LogP contribution in [-0.2, 0) is 0 Å². The van der Waals surface area contributed by atoms with Gasteiger partial charge in [0.2, 0.25) is 0 Å². The molecule has 3 rings (SSSR count). The molecular weight excluding hydrogens is 234 g/mol. The zero-order valence-corrected chi connectivity index (χ0v) is 10.6. The summed E-state index contributed by atoms with van der Waals surface area (Å²) in [6.45, 7) is 2.03. The highest BCUT2D eigenvalue weighted by atomic mass is 16.1. The quantitative estimate of drug-likeness (QED) is 0.640. The summed E-state index contributed by atoms with van der Waals surface area (Å²) in [4.78, 5) is 16.0. The average Bonchev–Trinajstić information content (AvgIpc) is 2.46. The molecule has 0 aliphatic heterocycles. The summed E-state index contributed by atoms with van der Waals surface area (Å²) < 4.78 is 0. The van der Waals surface area contributed by atoms with E-state index >= 15 is 0 Å². The Bertz CT molecular complexity index is 762. The molecule has 0 aliphatic rings. The van der Waals surface area contributed by atoms with Gasteiger partial charge in [-0.1, -0.05) is 42.5 Å². The Labute approximate surface area is 111 Å². The first-order valence-electron chi connectivity index (χ1n) is 6.20. The molecule has 0 unspecified atom stereocenters. The van der Waals surface area contributed by atoms with E-state index in [0.29, 0.717) is 5.56 Å². The number of fused-ring (bicyclic) bond motifs is 1. The van der Waals surface area contributed by atoms with Gasteiger partial charge in [0.1, 0.15) is 0 Å². The number of carbonyl (C=O) groups excluding carboxylic acids is 1. The summed E-state index contributed by atoms with van der Waals surface area (Å²) in [5.74, 6) is 0. The summed E-state index contributed by atoms with van der Waals surface area (Å²) in [5.41, 5.74) is 4.43. The van der Waals surface area contributed by atoms with Crippen molar-refractivity contribution >= 4 is 17.2 Å². The van der Waals surface area contributed by atoms with Gasteiger partial charge in [-0.15, -0.1) is 0 Å². The van der Waals surface area contributed by atoms with Crippen molar-refractivity contribution in [1.82, 2.24) is 4.98 Å². The van der Waals surface area contributed by atoms with Crippen LogP contribution in [0.3, 0.4) is 0 Å². The maximum absolute atomic E-state index is 11.3. The second-order valence-corrected chi connectivity index (χ2v) is 4.55. The van der Waals surface area contributed by atoms with Crippen LogP contribution < -0.4 is 0 Å². The predicted molar refractivity (Wildman–Crippen MR) is 77.3 cm³/mol. The van der Waals surface area contributed by atoms with E-state index < -0.39 is 0 Å². The van der Waals surface area contributed by atoms with Crippen LogP contribution in [0, 0.1) is 6.92 Å². The molecular formula is C17H13NO. The molecule has 2 nitrogen and oxygen atoms in total. The molecule has 0 bridgehead atoms. The number of hydrogen-bond acceptors (Lipinski definition) is 2. The fourth-order valence-corrected chi connectivity index (χ4v) is 2.28. The summed E-state index contributed by atoms with van der Waals surface area (Å²) in [6.07, 6.45) is 0.876. The molecule has 2 heteroatoms. The van der Waals surface area contributed by atoms with E-state index in [2.05, 4.69) is 4.98 Å². The minimum atomic E-state index is 0.632. The van der Waals surface area contributed by atoms with Gasteiger partial charge in [0.15, 0.2) is 6.29 Å². The SMILES string of the molecule is Cc1ccccc1-c1nc2ccccc2cc1C=O. The van der Waals surface area contributed by atoms with E-state index in [4.69, 9.17) is 0 Å². The zero-order valence-electron chi connectivity index (χ0n) is 10.6. The van der Waals surface area contributed by atoms with Crippen molar-refractivity contribution in [3.8, 4) is 11.3 Å². The number of benzene rings is 2. The normalized spacial score (nSPS) is 10.6. The number of rotatable bonds is 2. The van der Waals surface area contributed by atoms with E-state index in [1.807, 2.05) is 61.5 Å². The highest BCUT2D eigenvalue weighted by molar-refractivity contribution is 5.93. The summed E-state index contributed by atoms with van der Waals surface area (Å²) in [6, 6.07) is 17.7. The van der Waals surface area contributed by atoms with Gasteiger partial charge in [-0.05, 0) is 24.6 Å². The van der Waals surface area contributed by atoms with Crippen LogP contribution in [0.15, 0.2) is 54.6 Å². The third-order valence-corrected chi connectivity index (χ3v) is 3.28. The first kappa shape index (κ1) is 11.6. The molecule has 3 aromatic rings. The number of carbonyl (C=O) groups is 1. The summed E-state index contributed by atoms with van der Waals surface area (Å²) in [7, 11) is 0. The average molecular weight is 247 g/mol. The zero-order chi connectivity index (χ0) is 13.2. The van der Waals surface area contributed by atoms with E-state index in [1.165, 1.54) is 0 Å². The van der Waals surface area contributed by atoms with Crippen molar-refractivity contribution in [3.63, 3.8) is 0 Å². The fraction of sp³-hybridized carbons (Fsp3) is 0.0588. The van der Waals surface area contributed by atoms with Crippen molar-refractivity contribution in [2.24, 2.45) is 0 Å². The lowest BCUT2D eigenvalue weighted by atomic mass is 10.0. The highest BCUT2D eigenvalue weighted by Crippen LogP contribution is 2.26. The van der Waals surface area contributed by atoms with Crippen LogP contribution in [-0.4, -0.2) is 11.3 Å². The molecule has 0 saturated heterocycles. The van der Waals surface area contributed by atoms with Crippen LogP contribution in [0.25, 0.3) is 22.2 Å². The van der Waals surface area contributed by atoms with Crippen molar-refractivity contribution in [2.45, 2.75) is 6.92 Å². The number of nitrogens with zero attached hydrogens (tertiary/aromatic N) is 1. The lowest BCUT2D eigenvalue weighted by Gasteiger charge is -2.09. The van der Waals surface area contributed by atoms with Gasteiger partial charge in [-0.3, -0.25) is 4.79 Å². The van der Waals surface area contributed by atoms with Gasteiger partial charge in [-0.2, -0.15) is 0 Å². The lowest BCUT2D eigenvalue weighted by Crippen LogP contribution is -1.94. The number of para-hydroxylation sites is 1. The second kappa shape index (κ2) is 4.65. The molecule has 1 heterocycles. The Morgan fingerprint density at radius 2 is 1.74 bits per heavy atom. The van der Waals surface area contributed by atoms with E-state index in [9.17, 15) is 4.79 Å². The molecule has 0 radical (unpaired) electrons. The van der Waals surface area contributed by atoms with Crippen LogP contribution in [0.2, 0.25) is 0 Å². The molecule has 0 fully saturated rings. The Hall–Kier alpha value is -2.48. The minimum Gasteiger partial charge on any atom is -0.298 e. The van der Waals surface area contributed by atoms with Gasteiger partial charge in [0.25, 0.3) is 0 Å².